The van der Waals surface area contributed by atoms with Crippen LogP contribution in [0.4, 0.5) is 11.4 Å². The van der Waals surface area contributed by atoms with E-state index in [0.29, 0.717) is 23.7 Å². The van der Waals surface area contributed by atoms with Gasteiger partial charge in [-0.15, -0.1) is 0 Å². The van der Waals surface area contributed by atoms with Gasteiger partial charge in [0.25, 0.3) is 5.91 Å². The Balaban J connectivity index is 2.00. The summed E-state index contributed by atoms with van der Waals surface area (Å²) in [4.78, 5) is 22.3. The van der Waals surface area contributed by atoms with Crippen molar-refractivity contribution in [1.29, 1.82) is 0 Å². The average molecular weight is 250 g/mol. The molecule has 1 aliphatic rings. The first kappa shape index (κ1) is 12.2. The van der Waals surface area contributed by atoms with Gasteiger partial charge in [0.05, 0.1) is 12.3 Å². The number of rotatable bonds is 4. The standard InChI is InChI=1S/C12H14N2O4/c1-2-17-12(16)6-13-8-3-4-10-9(5-8)14-11(15)7-18-10/h3-5,13H,2,6-7H2,1H3,(H,14,15). The smallest absolute Gasteiger partial charge is 0.325 e. The van der Waals surface area contributed by atoms with Crippen molar-refractivity contribution < 1.29 is 19.1 Å². The molecular formula is C12H14N2O4. The minimum Gasteiger partial charge on any atom is -0.482 e. The molecule has 0 fully saturated rings. The number of carbonyl (C=O) groups is 2. The maximum Gasteiger partial charge on any atom is 0.325 e. The van der Waals surface area contributed by atoms with Gasteiger partial charge in [-0.25, -0.2) is 0 Å². The molecule has 96 valence electrons. The van der Waals surface area contributed by atoms with Gasteiger partial charge in [-0.1, -0.05) is 0 Å². The molecule has 0 atom stereocenters. The first-order valence-corrected chi connectivity index (χ1v) is 5.65. The summed E-state index contributed by atoms with van der Waals surface area (Å²) >= 11 is 0. The van der Waals surface area contributed by atoms with Crippen LogP contribution in [0.2, 0.25) is 0 Å². The van der Waals surface area contributed by atoms with Gasteiger partial charge < -0.3 is 20.1 Å². The van der Waals surface area contributed by atoms with Crippen LogP contribution >= 0.6 is 0 Å². The summed E-state index contributed by atoms with van der Waals surface area (Å²) in [5.74, 6) is 0.108. The molecule has 0 aromatic heterocycles. The van der Waals surface area contributed by atoms with Gasteiger partial charge in [0.1, 0.15) is 12.3 Å². The monoisotopic (exact) mass is 250 g/mol. The van der Waals surface area contributed by atoms with Crippen molar-refractivity contribution in [2.24, 2.45) is 0 Å². The molecule has 1 heterocycles. The molecule has 6 nitrogen and oxygen atoms in total. The average Bonchev–Trinajstić information content (AvgIpc) is 2.36. The third-order valence-electron chi connectivity index (χ3n) is 2.35. The Morgan fingerprint density at radius 3 is 3.17 bits per heavy atom. The highest BCUT2D eigenvalue weighted by molar-refractivity contribution is 5.96. The predicted molar refractivity (Wildman–Crippen MR) is 65.7 cm³/mol. The number of amides is 1. The first-order valence-electron chi connectivity index (χ1n) is 5.65. The largest absolute Gasteiger partial charge is 0.482 e. The Kier molecular flexibility index (Phi) is 3.66. The highest BCUT2D eigenvalue weighted by atomic mass is 16.5. The van der Waals surface area contributed by atoms with Crippen LogP contribution < -0.4 is 15.4 Å². The summed E-state index contributed by atoms with van der Waals surface area (Å²) < 4.78 is 10.0. The van der Waals surface area contributed by atoms with E-state index < -0.39 is 0 Å². The van der Waals surface area contributed by atoms with Crippen LogP contribution in [-0.2, 0) is 14.3 Å². The van der Waals surface area contributed by atoms with Crippen LogP contribution in [0.3, 0.4) is 0 Å². The second-order valence-corrected chi connectivity index (χ2v) is 3.71. The number of hydrogen-bond donors (Lipinski definition) is 2. The Bertz CT molecular complexity index is 473. The molecule has 1 aromatic rings. The first-order chi connectivity index (χ1) is 8.69. The van der Waals surface area contributed by atoms with E-state index in [9.17, 15) is 9.59 Å². The molecule has 2 N–H and O–H groups in total. The fraction of sp³-hybridized carbons (Fsp3) is 0.333. The lowest BCUT2D eigenvalue weighted by atomic mass is 10.2. The summed E-state index contributed by atoms with van der Waals surface area (Å²) in [6.45, 7) is 2.22. The van der Waals surface area contributed by atoms with E-state index in [1.54, 1.807) is 25.1 Å². The maximum atomic E-state index is 11.2. The molecule has 0 aliphatic carbocycles. The fourth-order valence-corrected chi connectivity index (χ4v) is 1.58. The van der Waals surface area contributed by atoms with Gasteiger partial charge in [-0.05, 0) is 25.1 Å². The van der Waals surface area contributed by atoms with E-state index in [2.05, 4.69) is 10.6 Å². The lowest BCUT2D eigenvalue weighted by molar-refractivity contribution is -0.140. The van der Waals surface area contributed by atoms with E-state index >= 15 is 0 Å². The van der Waals surface area contributed by atoms with Gasteiger partial charge in [-0.2, -0.15) is 0 Å². The van der Waals surface area contributed by atoms with Crippen LogP contribution in [0.25, 0.3) is 0 Å². The van der Waals surface area contributed by atoms with Crippen molar-refractivity contribution in [1.82, 2.24) is 0 Å². The Morgan fingerprint density at radius 1 is 1.56 bits per heavy atom. The third-order valence-corrected chi connectivity index (χ3v) is 2.35. The zero-order valence-electron chi connectivity index (χ0n) is 9.99. The van der Waals surface area contributed by atoms with Crippen molar-refractivity contribution in [3.8, 4) is 5.75 Å². The minimum absolute atomic E-state index is 0.0304. The van der Waals surface area contributed by atoms with E-state index in [1.807, 2.05) is 0 Å². The van der Waals surface area contributed by atoms with Gasteiger partial charge in [-0.3, -0.25) is 9.59 Å². The minimum atomic E-state index is -0.324. The highest BCUT2D eigenvalue weighted by Gasteiger charge is 2.15. The van der Waals surface area contributed by atoms with E-state index in [1.165, 1.54) is 0 Å². The fourth-order valence-electron chi connectivity index (χ4n) is 1.58. The number of anilines is 2. The molecule has 0 saturated heterocycles. The topological polar surface area (TPSA) is 76.7 Å². The molecule has 6 heteroatoms. The molecule has 0 bridgehead atoms. The van der Waals surface area contributed by atoms with Gasteiger partial charge in [0.15, 0.2) is 6.61 Å². The number of carbonyl (C=O) groups excluding carboxylic acids is 2. The number of nitrogens with one attached hydrogen (secondary N) is 2. The second-order valence-electron chi connectivity index (χ2n) is 3.71. The van der Waals surface area contributed by atoms with Crippen molar-refractivity contribution >= 4 is 23.3 Å². The third kappa shape index (κ3) is 2.91. The molecular weight excluding hydrogens is 236 g/mol. The molecule has 1 aromatic carbocycles. The molecule has 0 unspecified atom stereocenters. The molecule has 1 amide bonds. The zero-order valence-corrected chi connectivity index (χ0v) is 9.99. The number of fused-ring (bicyclic) bond motifs is 1. The summed E-state index contributed by atoms with van der Waals surface area (Å²) in [5.41, 5.74) is 1.31. The van der Waals surface area contributed by atoms with Crippen molar-refractivity contribution in [2.45, 2.75) is 6.92 Å². The van der Waals surface area contributed by atoms with Gasteiger partial charge >= 0.3 is 5.97 Å². The number of hydrogen-bond acceptors (Lipinski definition) is 5. The summed E-state index contributed by atoms with van der Waals surface area (Å²) in [6, 6.07) is 5.23. The Labute approximate surface area is 104 Å². The van der Waals surface area contributed by atoms with E-state index in [-0.39, 0.29) is 25.0 Å². The van der Waals surface area contributed by atoms with E-state index in [4.69, 9.17) is 9.47 Å². The molecule has 0 spiro atoms. The van der Waals surface area contributed by atoms with Crippen LogP contribution in [0.5, 0.6) is 5.75 Å². The SMILES string of the molecule is CCOC(=O)CNc1ccc2c(c1)NC(=O)CO2. The molecule has 0 radical (unpaired) electrons. The maximum absolute atomic E-state index is 11.2. The van der Waals surface area contributed by atoms with Crippen molar-refractivity contribution in [2.75, 3.05) is 30.4 Å². The van der Waals surface area contributed by atoms with E-state index in [0.717, 1.165) is 0 Å². The molecule has 2 rings (SSSR count). The van der Waals surface area contributed by atoms with Crippen LogP contribution in [-0.4, -0.2) is 31.6 Å². The Hall–Kier alpha value is -2.24. The summed E-state index contributed by atoms with van der Waals surface area (Å²) in [7, 11) is 0. The highest BCUT2D eigenvalue weighted by Crippen LogP contribution is 2.30. The van der Waals surface area contributed by atoms with Crippen LogP contribution in [0, 0.1) is 0 Å². The lowest BCUT2D eigenvalue weighted by Gasteiger charge is -2.18. The van der Waals surface area contributed by atoms with Gasteiger partial charge in [0.2, 0.25) is 0 Å². The summed E-state index contributed by atoms with van der Waals surface area (Å²) in [5, 5.41) is 5.61. The molecule has 0 saturated carbocycles. The second kappa shape index (κ2) is 5.39. The van der Waals surface area contributed by atoms with Crippen LogP contribution in [0.1, 0.15) is 6.92 Å². The van der Waals surface area contributed by atoms with Gasteiger partial charge in [0, 0.05) is 5.69 Å². The number of ether oxygens (including phenoxy) is 2. The quantitative estimate of drug-likeness (QED) is 0.779. The zero-order chi connectivity index (χ0) is 13.0. The van der Waals surface area contributed by atoms with Crippen molar-refractivity contribution in [3.63, 3.8) is 0 Å². The molecule has 18 heavy (non-hydrogen) atoms. The van der Waals surface area contributed by atoms with Crippen molar-refractivity contribution in [3.05, 3.63) is 18.2 Å². The van der Waals surface area contributed by atoms with Crippen LogP contribution in [0.15, 0.2) is 18.2 Å². The molecule has 1 aliphatic heterocycles. The number of benzene rings is 1. The summed E-state index contributed by atoms with van der Waals surface area (Å²) in [6.07, 6.45) is 0. The normalized spacial score (nSPS) is 13.1. The predicted octanol–water partition coefficient (Wildman–Crippen LogP) is 0.992. The lowest BCUT2D eigenvalue weighted by Crippen LogP contribution is -2.25. The number of esters is 1. The Morgan fingerprint density at radius 2 is 2.39 bits per heavy atom.